The topological polar surface area (TPSA) is 85.1 Å². The van der Waals surface area contributed by atoms with Crippen molar-refractivity contribution in [2.24, 2.45) is 11.7 Å². The smallest absolute Gasteiger partial charge is 0.314 e. The van der Waals surface area contributed by atoms with Gasteiger partial charge in [-0.25, -0.2) is 4.79 Å². The van der Waals surface area contributed by atoms with Crippen LogP contribution in [0.15, 0.2) is 24.3 Å². The quantitative estimate of drug-likeness (QED) is 0.897. The molecule has 1 atom stereocenters. The number of likely N-dealkylation sites (tertiary alicyclic amines) is 1. The van der Waals surface area contributed by atoms with Gasteiger partial charge in [-0.2, -0.15) is 0 Å². The van der Waals surface area contributed by atoms with Crippen molar-refractivity contribution < 1.29 is 19.1 Å². The normalized spacial score (nSPS) is 20.5. The molecule has 1 fully saturated rings. The number of primary amides is 1. The lowest BCUT2D eigenvalue weighted by atomic mass is 9.95. The van der Waals surface area contributed by atoms with Crippen LogP contribution in [0.4, 0.5) is 4.79 Å². The molecule has 2 heterocycles. The van der Waals surface area contributed by atoms with Gasteiger partial charge in [0.2, 0.25) is 5.91 Å². The Balaban J connectivity index is 1.51. The molecule has 7 nitrogen and oxygen atoms in total. The van der Waals surface area contributed by atoms with Gasteiger partial charge in [0, 0.05) is 26.1 Å². The molecule has 7 heteroatoms. The Labute approximate surface area is 141 Å². The second-order valence-corrected chi connectivity index (χ2v) is 6.32. The van der Waals surface area contributed by atoms with E-state index in [1.807, 2.05) is 24.3 Å². The second kappa shape index (κ2) is 6.98. The summed E-state index contributed by atoms with van der Waals surface area (Å²) in [5.41, 5.74) is 5.27. The van der Waals surface area contributed by atoms with E-state index in [2.05, 4.69) is 0 Å². The van der Waals surface area contributed by atoms with Crippen LogP contribution >= 0.6 is 0 Å². The molecule has 130 valence electrons. The highest BCUT2D eigenvalue weighted by atomic mass is 16.6. The molecule has 2 aliphatic heterocycles. The fourth-order valence-corrected chi connectivity index (χ4v) is 3.21. The molecule has 0 spiro atoms. The average molecular weight is 333 g/mol. The number of likely N-dealkylation sites (N-methyl/N-ethyl adjacent to an activating group) is 1. The maximum atomic E-state index is 12.6. The highest BCUT2D eigenvalue weighted by molar-refractivity contribution is 5.79. The van der Waals surface area contributed by atoms with E-state index in [0.717, 1.165) is 5.75 Å². The van der Waals surface area contributed by atoms with Crippen molar-refractivity contribution in [2.45, 2.75) is 18.9 Å². The molecule has 1 unspecified atom stereocenters. The van der Waals surface area contributed by atoms with Gasteiger partial charge in [0.05, 0.1) is 6.54 Å². The molecule has 3 rings (SSSR count). The summed E-state index contributed by atoms with van der Waals surface area (Å²) in [6.45, 7) is 1.98. The van der Waals surface area contributed by atoms with Gasteiger partial charge in [-0.1, -0.05) is 12.1 Å². The Morgan fingerprint density at radius 2 is 1.92 bits per heavy atom. The first-order chi connectivity index (χ1) is 11.5. The zero-order valence-electron chi connectivity index (χ0n) is 13.8. The number of hydrogen-bond donors (Lipinski definition) is 1. The molecule has 0 saturated carbocycles. The van der Waals surface area contributed by atoms with E-state index in [9.17, 15) is 9.59 Å². The summed E-state index contributed by atoms with van der Waals surface area (Å²) in [6, 6.07) is 7.11. The molecule has 2 N–H and O–H groups in total. The van der Waals surface area contributed by atoms with Crippen molar-refractivity contribution in [3.8, 4) is 11.5 Å². The van der Waals surface area contributed by atoms with Crippen LogP contribution in [0.3, 0.4) is 0 Å². The Morgan fingerprint density at radius 1 is 1.25 bits per heavy atom. The van der Waals surface area contributed by atoms with E-state index in [1.165, 1.54) is 0 Å². The molecule has 1 aromatic carbocycles. The largest absolute Gasteiger partial charge is 0.486 e. The molecule has 3 amide bonds. The van der Waals surface area contributed by atoms with Crippen molar-refractivity contribution in [1.82, 2.24) is 9.80 Å². The number of nitrogens with two attached hydrogens (primary N) is 1. The molecule has 24 heavy (non-hydrogen) atoms. The molecule has 0 aliphatic carbocycles. The number of carbonyl (C=O) groups is 2. The first-order valence-corrected chi connectivity index (χ1v) is 8.22. The van der Waals surface area contributed by atoms with E-state index in [0.29, 0.717) is 44.8 Å². The molecule has 0 radical (unpaired) electrons. The predicted molar refractivity (Wildman–Crippen MR) is 87.9 cm³/mol. The van der Waals surface area contributed by atoms with Gasteiger partial charge < -0.3 is 25.0 Å². The van der Waals surface area contributed by atoms with Crippen LogP contribution in [0.25, 0.3) is 0 Å². The molecule has 0 aromatic heterocycles. The molecular weight excluding hydrogens is 310 g/mol. The third-order valence-corrected chi connectivity index (χ3v) is 4.58. The number of carbonyl (C=O) groups excluding carboxylic acids is 2. The maximum absolute atomic E-state index is 12.6. The van der Waals surface area contributed by atoms with Crippen LogP contribution in [0.5, 0.6) is 11.5 Å². The number of rotatable bonds is 3. The summed E-state index contributed by atoms with van der Waals surface area (Å²) >= 11 is 0. The highest BCUT2D eigenvalue weighted by Gasteiger charge is 2.30. The first-order valence-electron chi connectivity index (χ1n) is 8.22. The van der Waals surface area contributed by atoms with Gasteiger partial charge in [-0.15, -0.1) is 0 Å². The van der Waals surface area contributed by atoms with Crippen molar-refractivity contribution in [1.29, 1.82) is 0 Å². The van der Waals surface area contributed by atoms with Crippen molar-refractivity contribution in [2.75, 3.05) is 33.3 Å². The lowest BCUT2D eigenvalue weighted by Gasteiger charge is -2.34. The molecule has 0 bridgehead atoms. The van der Waals surface area contributed by atoms with Gasteiger partial charge in [-0.3, -0.25) is 4.79 Å². The Morgan fingerprint density at radius 3 is 2.58 bits per heavy atom. The van der Waals surface area contributed by atoms with Crippen LogP contribution < -0.4 is 15.2 Å². The van der Waals surface area contributed by atoms with Crippen molar-refractivity contribution in [3.05, 3.63) is 24.3 Å². The monoisotopic (exact) mass is 333 g/mol. The van der Waals surface area contributed by atoms with E-state index in [4.69, 9.17) is 15.2 Å². The summed E-state index contributed by atoms with van der Waals surface area (Å²) in [6.07, 6.45) is 1.12. The Hall–Kier alpha value is -2.44. The van der Waals surface area contributed by atoms with Crippen molar-refractivity contribution in [3.63, 3.8) is 0 Å². The highest BCUT2D eigenvalue weighted by Crippen LogP contribution is 2.31. The van der Waals surface area contributed by atoms with Crippen LogP contribution in [0, 0.1) is 5.92 Å². The lowest BCUT2D eigenvalue weighted by molar-refractivity contribution is -0.136. The number of benzene rings is 1. The molecular formula is C17H23N3O4. The maximum Gasteiger partial charge on any atom is 0.314 e. The number of ether oxygens (including phenoxy) is 2. The molecule has 1 aromatic rings. The summed E-state index contributed by atoms with van der Waals surface area (Å²) in [7, 11) is 1.78. The fourth-order valence-electron chi connectivity index (χ4n) is 3.21. The van der Waals surface area contributed by atoms with E-state index in [1.54, 1.807) is 16.8 Å². The third-order valence-electron chi connectivity index (χ3n) is 4.58. The summed E-state index contributed by atoms with van der Waals surface area (Å²) in [5, 5.41) is 0. The van der Waals surface area contributed by atoms with Crippen LogP contribution in [0.2, 0.25) is 0 Å². The second-order valence-electron chi connectivity index (χ2n) is 6.32. The van der Waals surface area contributed by atoms with Crippen LogP contribution in [-0.4, -0.2) is 61.1 Å². The molecule has 1 saturated heterocycles. The minimum atomic E-state index is -0.416. The lowest BCUT2D eigenvalue weighted by Crippen LogP contribution is -2.47. The van der Waals surface area contributed by atoms with Gasteiger partial charge in [0.25, 0.3) is 0 Å². The number of nitrogens with zero attached hydrogens (tertiary/aromatic N) is 2. The summed E-state index contributed by atoms with van der Waals surface area (Å²) in [4.78, 5) is 27.0. The van der Waals surface area contributed by atoms with Gasteiger partial charge in [0.1, 0.15) is 6.61 Å². The predicted octanol–water partition coefficient (Wildman–Crippen LogP) is 1.08. The number of fused-ring (bicyclic) bond motifs is 1. The first kappa shape index (κ1) is 16.4. The fraction of sp³-hybridized carbons (Fsp3) is 0.529. The van der Waals surface area contributed by atoms with Crippen molar-refractivity contribution >= 4 is 11.9 Å². The van der Waals surface area contributed by atoms with Gasteiger partial charge in [-0.05, 0) is 25.0 Å². The summed E-state index contributed by atoms with van der Waals surface area (Å²) < 4.78 is 11.6. The number of urea groups is 1. The summed E-state index contributed by atoms with van der Waals surface area (Å²) in [5.74, 6) is 1.47. The number of hydrogen-bond acceptors (Lipinski definition) is 4. The zero-order valence-corrected chi connectivity index (χ0v) is 13.8. The Kier molecular flexibility index (Phi) is 4.78. The van der Waals surface area contributed by atoms with Crippen LogP contribution in [-0.2, 0) is 4.79 Å². The van der Waals surface area contributed by atoms with E-state index < -0.39 is 6.03 Å². The minimum absolute atomic E-state index is 0.0672. The SMILES string of the molecule is CN(CC1COc2ccccc2O1)C(=O)C1CCN(C(N)=O)CC1. The van der Waals surface area contributed by atoms with Crippen LogP contribution in [0.1, 0.15) is 12.8 Å². The third kappa shape index (κ3) is 3.55. The van der Waals surface area contributed by atoms with E-state index >= 15 is 0 Å². The van der Waals surface area contributed by atoms with Gasteiger partial charge >= 0.3 is 6.03 Å². The molecule has 2 aliphatic rings. The Bertz CT molecular complexity index is 614. The number of amides is 3. The minimum Gasteiger partial charge on any atom is -0.486 e. The zero-order chi connectivity index (χ0) is 17.1. The number of piperidine rings is 1. The average Bonchev–Trinajstić information content (AvgIpc) is 2.61. The van der Waals surface area contributed by atoms with Gasteiger partial charge in [0.15, 0.2) is 17.6 Å². The standard InChI is InChI=1S/C17H23N3O4/c1-19(16(21)12-6-8-20(9-7-12)17(18)22)10-13-11-23-14-4-2-3-5-15(14)24-13/h2-5,12-13H,6-11H2,1H3,(H2,18,22). The number of para-hydroxylation sites is 2. The van der Waals surface area contributed by atoms with E-state index in [-0.39, 0.29) is 17.9 Å².